The summed E-state index contributed by atoms with van der Waals surface area (Å²) in [6, 6.07) is 0. The zero-order valence-corrected chi connectivity index (χ0v) is 13.7. The molecule has 4 N–H and O–H groups in total. The van der Waals surface area contributed by atoms with Crippen molar-refractivity contribution in [3.05, 3.63) is 0 Å². The molecule has 6 nitrogen and oxygen atoms in total. The molecule has 0 rings (SSSR count). The Hall–Kier alpha value is -0.0900. The van der Waals surface area contributed by atoms with Gasteiger partial charge >= 0.3 is 0 Å². The Labute approximate surface area is 121 Å². The second-order valence-corrected chi connectivity index (χ2v) is 5.88. The number of nitrogens with zero attached hydrogens (tertiary/aromatic N) is 1. The second kappa shape index (κ2) is 9.89. The Bertz CT molecular complexity index is 317. The topological polar surface area (TPSA) is 96.6 Å². The van der Waals surface area contributed by atoms with Crippen LogP contribution in [0.5, 0.6) is 0 Å². The van der Waals surface area contributed by atoms with Crippen LogP contribution in [0.3, 0.4) is 0 Å². The van der Waals surface area contributed by atoms with Crippen LogP contribution in [-0.4, -0.2) is 40.3 Å². The van der Waals surface area contributed by atoms with E-state index in [0.717, 1.165) is 12.7 Å². The lowest BCUT2D eigenvalue weighted by Gasteiger charge is -2.06. The first-order chi connectivity index (χ1) is 7.31. The minimum absolute atomic E-state index is 0. The number of hydrogen-bond acceptors (Lipinski definition) is 3. The van der Waals surface area contributed by atoms with Crippen LogP contribution in [0.25, 0.3) is 0 Å². The van der Waals surface area contributed by atoms with Gasteiger partial charge in [-0.15, -0.1) is 24.0 Å². The van der Waals surface area contributed by atoms with Crippen LogP contribution < -0.4 is 15.8 Å². The summed E-state index contributed by atoms with van der Waals surface area (Å²) in [6.07, 6.45) is 2.11. The van der Waals surface area contributed by atoms with Crippen molar-refractivity contribution in [1.82, 2.24) is 10.0 Å². The van der Waals surface area contributed by atoms with Gasteiger partial charge in [0.15, 0.2) is 5.96 Å². The smallest absolute Gasteiger partial charge is 0.208 e. The van der Waals surface area contributed by atoms with E-state index in [-0.39, 0.29) is 24.0 Å². The van der Waals surface area contributed by atoms with E-state index in [0.29, 0.717) is 31.5 Å². The third-order valence-corrected chi connectivity index (χ3v) is 2.51. The van der Waals surface area contributed by atoms with Crippen LogP contribution in [0, 0.1) is 5.92 Å². The fourth-order valence-corrected chi connectivity index (χ4v) is 1.40. The summed E-state index contributed by atoms with van der Waals surface area (Å²) >= 11 is 0. The number of guanidine groups is 1. The predicted molar refractivity (Wildman–Crippen MR) is 82.2 cm³/mol. The van der Waals surface area contributed by atoms with Crippen LogP contribution in [-0.2, 0) is 10.0 Å². The monoisotopic (exact) mass is 378 g/mol. The molecule has 0 radical (unpaired) electrons. The molecule has 0 bridgehead atoms. The van der Waals surface area contributed by atoms with Crippen molar-refractivity contribution in [1.29, 1.82) is 0 Å². The van der Waals surface area contributed by atoms with Crippen LogP contribution in [0.1, 0.15) is 20.3 Å². The van der Waals surface area contributed by atoms with E-state index in [1.165, 1.54) is 0 Å². The molecule has 0 aliphatic rings. The molecule has 0 aliphatic carbocycles. The Balaban J connectivity index is 0. The first-order valence-corrected chi connectivity index (χ1v) is 7.19. The SMILES string of the molecule is CC(C)CCN=C(N)NCCNS(C)(=O)=O.I. The van der Waals surface area contributed by atoms with E-state index in [1.807, 2.05) is 0 Å². The Kier molecular flexibility index (Phi) is 11.2. The summed E-state index contributed by atoms with van der Waals surface area (Å²) in [7, 11) is -3.12. The summed E-state index contributed by atoms with van der Waals surface area (Å²) in [6.45, 7) is 5.67. The van der Waals surface area contributed by atoms with Crippen molar-refractivity contribution in [2.45, 2.75) is 20.3 Å². The molecule has 17 heavy (non-hydrogen) atoms. The molecule has 0 fully saturated rings. The van der Waals surface area contributed by atoms with Crippen LogP contribution in [0.2, 0.25) is 0 Å². The number of hydrogen-bond donors (Lipinski definition) is 3. The molecular formula is C9H23IN4O2S. The lowest BCUT2D eigenvalue weighted by Crippen LogP contribution is -2.38. The summed E-state index contributed by atoms with van der Waals surface area (Å²) in [5, 5.41) is 2.83. The van der Waals surface area contributed by atoms with Gasteiger partial charge in [0.05, 0.1) is 6.26 Å². The normalized spacial score (nSPS) is 12.4. The molecule has 8 heteroatoms. The van der Waals surface area contributed by atoms with E-state index in [4.69, 9.17) is 5.73 Å². The Morgan fingerprint density at radius 2 is 1.94 bits per heavy atom. The van der Waals surface area contributed by atoms with Crippen molar-refractivity contribution >= 4 is 40.0 Å². The summed E-state index contributed by atoms with van der Waals surface area (Å²) in [4.78, 5) is 4.10. The van der Waals surface area contributed by atoms with Gasteiger partial charge in [0.25, 0.3) is 0 Å². The first kappa shape index (κ1) is 19.3. The minimum Gasteiger partial charge on any atom is -0.370 e. The largest absolute Gasteiger partial charge is 0.370 e. The third-order valence-electron chi connectivity index (χ3n) is 1.78. The highest BCUT2D eigenvalue weighted by Gasteiger charge is 1.98. The molecule has 0 atom stereocenters. The maximum absolute atomic E-state index is 10.7. The Morgan fingerprint density at radius 1 is 1.35 bits per heavy atom. The number of nitrogens with two attached hydrogens (primary N) is 1. The van der Waals surface area contributed by atoms with Crippen LogP contribution >= 0.6 is 24.0 Å². The van der Waals surface area contributed by atoms with Crippen LogP contribution in [0.15, 0.2) is 4.99 Å². The van der Waals surface area contributed by atoms with Gasteiger partial charge in [0.1, 0.15) is 0 Å². The van der Waals surface area contributed by atoms with Crippen molar-refractivity contribution < 1.29 is 8.42 Å². The average Bonchev–Trinajstić information content (AvgIpc) is 2.10. The second-order valence-electron chi connectivity index (χ2n) is 4.04. The highest BCUT2D eigenvalue weighted by Crippen LogP contribution is 1.97. The van der Waals surface area contributed by atoms with E-state index in [9.17, 15) is 8.42 Å². The number of halogens is 1. The number of sulfonamides is 1. The highest BCUT2D eigenvalue weighted by atomic mass is 127. The van der Waals surface area contributed by atoms with Gasteiger partial charge in [-0.3, -0.25) is 4.99 Å². The molecule has 0 saturated heterocycles. The summed E-state index contributed by atoms with van der Waals surface area (Å²) in [5.41, 5.74) is 5.57. The van der Waals surface area contributed by atoms with Crippen LogP contribution in [0.4, 0.5) is 0 Å². The molecule has 0 aliphatic heterocycles. The fourth-order valence-electron chi connectivity index (χ4n) is 0.926. The zero-order chi connectivity index (χ0) is 12.6. The van der Waals surface area contributed by atoms with E-state index < -0.39 is 10.0 Å². The maximum Gasteiger partial charge on any atom is 0.208 e. The van der Waals surface area contributed by atoms with Gasteiger partial charge in [-0.2, -0.15) is 0 Å². The lowest BCUT2D eigenvalue weighted by molar-refractivity contribution is 0.586. The molecule has 0 amide bonds. The van der Waals surface area contributed by atoms with E-state index >= 15 is 0 Å². The van der Waals surface area contributed by atoms with Crippen molar-refractivity contribution in [3.63, 3.8) is 0 Å². The van der Waals surface area contributed by atoms with Gasteiger partial charge in [-0.1, -0.05) is 13.8 Å². The third kappa shape index (κ3) is 15.9. The molecule has 0 aromatic heterocycles. The van der Waals surface area contributed by atoms with Gasteiger partial charge in [0, 0.05) is 19.6 Å². The number of rotatable bonds is 7. The zero-order valence-electron chi connectivity index (χ0n) is 10.6. The minimum atomic E-state index is -3.12. The lowest BCUT2D eigenvalue weighted by atomic mass is 10.1. The number of aliphatic imine (C=N–C) groups is 1. The summed E-state index contributed by atoms with van der Waals surface area (Å²) in [5.74, 6) is 0.958. The number of nitrogens with one attached hydrogen (secondary N) is 2. The average molecular weight is 378 g/mol. The molecule has 0 spiro atoms. The van der Waals surface area contributed by atoms with Crippen molar-refractivity contribution in [2.24, 2.45) is 16.6 Å². The molecule has 0 aromatic rings. The van der Waals surface area contributed by atoms with Gasteiger partial charge in [-0.05, 0) is 12.3 Å². The summed E-state index contributed by atoms with van der Waals surface area (Å²) < 4.78 is 23.8. The Morgan fingerprint density at radius 3 is 2.41 bits per heavy atom. The molecule has 0 unspecified atom stereocenters. The molecule has 0 heterocycles. The van der Waals surface area contributed by atoms with Crippen molar-refractivity contribution in [2.75, 3.05) is 25.9 Å². The van der Waals surface area contributed by atoms with Gasteiger partial charge < -0.3 is 11.1 Å². The quantitative estimate of drug-likeness (QED) is 0.254. The molecule has 0 saturated carbocycles. The first-order valence-electron chi connectivity index (χ1n) is 5.29. The van der Waals surface area contributed by atoms with Crippen molar-refractivity contribution in [3.8, 4) is 0 Å². The molecule has 0 aromatic carbocycles. The van der Waals surface area contributed by atoms with Gasteiger partial charge in [-0.25, -0.2) is 13.1 Å². The standard InChI is InChI=1S/C9H22N4O2S.HI/c1-8(2)4-5-11-9(10)12-6-7-13-16(3,14)15;/h8,13H,4-7H2,1-3H3,(H3,10,11,12);1H. The van der Waals surface area contributed by atoms with E-state index in [1.54, 1.807) is 0 Å². The maximum atomic E-state index is 10.7. The predicted octanol–water partition coefficient (Wildman–Crippen LogP) is 0.104. The molecular weight excluding hydrogens is 355 g/mol. The van der Waals surface area contributed by atoms with Gasteiger partial charge in [0.2, 0.25) is 10.0 Å². The van der Waals surface area contributed by atoms with E-state index in [2.05, 4.69) is 28.9 Å². The highest BCUT2D eigenvalue weighted by molar-refractivity contribution is 14.0. The molecule has 104 valence electrons. The fraction of sp³-hybridized carbons (Fsp3) is 0.889.